The molecular formula is C24H22ClN5O5. The number of anilines is 2. The maximum atomic E-state index is 12.7. The van der Waals surface area contributed by atoms with Crippen LogP contribution in [0.1, 0.15) is 24.0 Å². The Labute approximate surface area is 205 Å². The molecule has 35 heavy (non-hydrogen) atoms. The van der Waals surface area contributed by atoms with Crippen LogP contribution in [0.2, 0.25) is 5.02 Å². The van der Waals surface area contributed by atoms with Crippen LogP contribution in [0.25, 0.3) is 0 Å². The lowest BCUT2D eigenvalue weighted by Gasteiger charge is -2.28. The topological polar surface area (TPSA) is 137 Å². The third-order valence-corrected chi connectivity index (χ3v) is 6.00. The number of hydrogen-bond acceptors (Lipinski definition) is 6. The first-order chi connectivity index (χ1) is 16.7. The van der Waals surface area contributed by atoms with E-state index in [0.717, 1.165) is 22.1 Å². The van der Waals surface area contributed by atoms with E-state index >= 15 is 0 Å². The van der Waals surface area contributed by atoms with E-state index in [1.165, 1.54) is 0 Å². The van der Waals surface area contributed by atoms with Crippen molar-refractivity contribution >= 4 is 52.6 Å². The molecule has 0 aliphatic carbocycles. The van der Waals surface area contributed by atoms with Gasteiger partial charge in [0.1, 0.15) is 11.7 Å². The number of nitrogens with one attached hydrogen (secondary N) is 4. The Morgan fingerprint density at radius 1 is 1.09 bits per heavy atom. The normalized spacial score (nSPS) is 17.7. The number of hydrogen-bond donors (Lipinski definition) is 4. The van der Waals surface area contributed by atoms with Crippen molar-refractivity contribution in [3.63, 3.8) is 0 Å². The Balaban J connectivity index is 1.31. The molecule has 0 radical (unpaired) electrons. The Morgan fingerprint density at radius 2 is 1.80 bits per heavy atom. The zero-order valence-electron chi connectivity index (χ0n) is 18.7. The molecule has 2 aromatic carbocycles. The van der Waals surface area contributed by atoms with Crippen molar-refractivity contribution in [3.8, 4) is 0 Å². The number of imide groups is 2. The van der Waals surface area contributed by atoms with E-state index in [9.17, 15) is 24.0 Å². The molecule has 0 spiro atoms. The van der Waals surface area contributed by atoms with Gasteiger partial charge < -0.3 is 16.0 Å². The average Bonchev–Trinajstić information content (AvgIpc) is 3.08. The zero-order valence-corrected chi connectivity index (χ0v) is 19.4. The molecule has 180 valence electrons. The molecule has 2 aliphatic heterocycles. The van der Waals surface area contributed by atoms with Crippen LogP contribution in [-0.2, 0) is 25.7 Å². The van der Waals surface area contributed by atoms with Crippen molar-refractivity contribution in [1.29, 1.82) is 0 Å². The molecule has 1 unspecified atom stereocenters. The second-order valence-electron chi connectivity index (χ2n) is 8.13. The maximum Gasteiger partial charge on any atom is 0.319 e. The molecule has 4 N–H and O–H groups in total. The minimum atomic E-state index is -1.02. The van der Waals surface area contributed by atoms with Gasteiger partial charge in [0.25, 0.3) is 11.8 Å². The summed E-state index contributed by atoms with van der Waals surface area (Å²) in [6, 6.07) is 10.7. The smallest absolute Gasteiger partial charge is 0.319 e. The minimum absolute atomic E-state index is 0.0294. The van der Waals surface area contributed by atoms with Gasteiger partial charge in [-0.25, -0.2) is 4.79 Å². The fraction of sp³-hybridized carbons (Fsp3) is 0.208. The monoisotopic (exact) mass is 495 g/mol. The summed E-state index contributed by atoms with van der Waals surface area (Å²) < 4.78 is 0. The molecule has 10 nitrogen and oxygen atoms in total. The molecule has 1 atom stereocenters. The molecule has 2 aliphatic rings. The molecule has 2 heterocycles. The van der Waals surface area contributed by atoms with Crippen LogP contribution in [0.15, 0.2) is 54.2 Å². The van der Waals surface area contributed by atoms with E-state index < -0.39 is 29.7 Å². The Kier molecular flexibility index (Phi) is 6.83. The summed E-state index contributed by atoms with van der Waals surface area (Å²) in [6.07, 6.45) is 1.28. The quantitative estimate of drug-likeness (QED) is 0.454. The summed E-state index contributed by atoms with van der Waals surface area (Å²) in [5, 5.41) is 11.0. The van der Waals surface area contributed by atoms with Crippen LogP contribution in [-0.4, -0.2) is 40.6 Å². The van der Waals surface area contributed by atoms with Gasteiger partial charge in [-0.1, -0.05) is 29.8 Å². The van der Waals surface area contributed by atoms with Gasteiger partial charge in [-0.3, -0.25) is 29.4 Å². The highest BCUT2D eigenvalue weighted by Gasteiger charge is 2.42. The number of carbonyl (C=O) groups excluding carboxylic acids is 5. The van der Waals surface area contributed by atoms with Crippen molar-refractivity contribution in [1.82, 2.24) is 15.5 Å². The lowest BCUT2D eigenvalue weighted by atomic mass is 10.0. The highest BCUT2D eigenvalue weighted by atomic mass is 35.5. The highest BCUT2D eigenvalue weighted by molar-refractivity contribution is 6.31. The van der Waals surface area contributed by atoms with Crippen molar-refractivity contribution in [3.05, 3.63) is 70.4 Å². The first-order valence-corrected chi connectivity index (χ1v) is 11.2. The molecule has 2 aromatic rings. The predicted molar refractivity (Wildman–Crippen MR) is 128 cm³/mol. The fourth-order valence-electron chi connectivity index (χ4n) is 3.69. The van der Waals surface area contributed by atoms with Gasteiger partial charge in [0.05, 0.1) is 0 Å². The second-order valence-corrected chi connectivity index (χ2v) is 8.54. The highest BCUT2D eigenvalue weighted by Crippen LogP contribution is 2.23. The van der Waals surface area contributed by atoms with Gasteiger partial charge in [0.15, 0.2) is 0 Å². The zero-order chi connectivity index (χ0) is 25.1. The second kappa shape index (κ2) is 9.98. The number of halogens is 1. The average molecular weight is 496 g/mol. The number of carbonyl (C=O) groups is 5. The van der Waals surface area contributed by atoms with Gasteiger partial charge in [0, 0.05) is 35.4 Å². The number of benzene rings is 2. The Bertz CT molecular complexity index is 1260. The summed E-state index contributed by atoms with van der Waals surface area (Å²) in [4.78, 5) is 61.5. The minimum Gasteiger partial charge on any atom is -0.351 e. The van der Waals surface area contributed by atoms with E-state index in [0.29, 0.717) is 16.4 Å². The Morgan fingerprint density at radius 3 is 2.49 bits per heavy atom. The van der Waals surface area contributed by atoms with Gasteiger partial charge in [-0.15, -0.1) is 0 Å². The Hall–Kier alpha value is -4.18. The van der Waals surface area contributed by atoms with Crippen LogP contribution < -0.4 is 21.3 Å². The van der Waals surface area contributed by atoms with Gasteiger partial charge in [-0.05, 0) is 48.7 Å². The largest absolute Gasteiger partial charge is 0.351 e. The van der Waals surface area contributed by atoms with E-state index in [4.69, 9.17) is 11.6 Å². The van der Waals surface area contributed by atoms with Gasteiger partial charge in [-0.2, -0.15) is 0 Å². The summed E-state index contributed by atoms with van der Waals surface area (Å²) in [5.41, 5.74) is 2.87. The fourth-order valence-corrected chi connectivity index (χ4v) is 3.87. The first-order valence-electron chi connectivity index (χ1n) is 10.8. The molecular weight excluding hydrogens is 474 g/mol. The standard InChI is InChI=1S/C24H22ClN5O5/c1-13-2-5-16(10-17(13)25)28-24(35)26-12-14-3-6-15(7-4-14)27-18-11-21(32)30(23(18)34)19-8-9-20(31)29-22(19)33/h2-7,10-11,19,27H,8-9,12H2,1H3,(H2,26,28,35)(H,29,31,33). The van der Waals surface area contributed by atoms with Crippen molar-refractivity contribution in [2.75, 3.05) is 10.6 Å². The van der Waals surface area contributed by atoms with Crippen LogP contribution in [0.4, 0.5) is 16.2 Å². The number of aryl methyl sites for hydroxylation is 1. The van der Waals surface area contributed by atoms with Crippen molar-refractivity contribution in [2.45, 2.75) is 32.4 Å². The number of amides is 6. The van der Waals surface area contributed by atoms with Crippen molar-refractivity contribution < 1.29 is 24.0 Å². The van der Waals surface area contributed by atoms with Crippen molar-refractivity contribution in [2.24, 2.45) is 0 Å². The third-order valence-electron chi connectivity index (χ3n) is 5.59. The number of piperidine rings is 1. The first kappa shape index (κ1) is 24.0. The lowest BCUT2D eigenvalue weighted by molar-refractivity contribution is -0.149. The summed E-state index contributed by atoms with van der Waals surface area (Å²) in [6.45, 7) is 2.13. The summed E-state index contributed by atoms with van der Waals surface area (Å²) in [5.74, 6) is -2.34. The van der Waals surface area contributed by atoms with Crippen LogP contribution >= 0.6 is 11.6 Å². The van der Waals surface area contributed by atoms with E-state index in [1.807, 2.05) is 13.0 Å². The van der Waals surface area contributed by atoms with E-state index in [-0.39, 0.29) is 31.1 Å². The lowest BCUT2D eigenvalue weighted by Crippen LogP contribution is -2.54. The van der Waals surface area contributed by atoms with Crippen LogP contribution in [0, 0.1) is 6.92 Å². The predicted octanol–water partition coefficient (Wildman–Crippen LogP) is 2.44. The van der Waals surface area contributed by atoms with Gasteiger partial charge >= 0.3 is 6.03 Å². The maximum absolute atomic E-state index is 12.7. The van der Waals surface area contributed by atoms with E-state index in [2.05, 4.69) is 21.3 Å². The summed E-state index contributed by atoms with van der Waals surface area (Å²) >= 11 is 6.07. The molecule has 1 saturated heterocycles. The molecule has 1 fully saturated rings. The third kappa shape index (κ3) is 5.49. The molecule has 4 rings (SSSR count). The SMILES string of the molecule is Cc1ccc(NC(=O)NCc2ccc(NC3=CC(=O)N(C4CCC(=O)NC4=O)C3=O)cc2)cc1Cl. The van der Waals surface area contributed by atoms with Crippen LogP contribution in [0.5, 0.6) is 0 Å². The molecule has 0 saturated carbocycles. The number of rotatable bonds is 6. The number of urea groups is 1. The molecule has 11 heteroatoms. The molecule has 0 bridgehead atoms. The van der Waals surface area contributed by atoms with Gasteiger partial charge in [0.2, 0.25) is 11.8 Å². The number of nitrogens with zero attached hydrogens (tertiary/aromatic N) is 1. The molecule has 6 amide bonds. The van der Waals surface area contributed by atoms with Crippen LogP contribution in [0.3, 0.4) is 0 Å². The molecule has 0 aromatic heterocycles. The van der Waals surface area contributed by atoms with E-state index in [1.54, 1.807) is 36.4 Å². The summed E-state index contributed by atoms with van der Waals surface area (Å²) in [7, 11) is 0.